The number of ether oxygens (including phenoxy) is 1. The highest BCUT2D eigenvalue weighted by molar-refractivity contribution is 7.21. The lowest BCUT2D eigenvalue weighted by atomic mass is 10.1. The SMILES string of the molecule is CN(C)C(=O)[C@@H](OC(=O)c1ccc(-c2nc3ccccc3s2)o1)c1ccccc1. The molecule has 0 bridgehead atoms. The third-order valence-electron chi connectivity index (χ3n) is 4.30. The molecule has 0 N–H and O–H groups in total. The summed E-state index contributed by atoms with van der Waals surface area (Å²) in [4.78, 5) is 31.1. The van der Waals surface area contributed by atoms with Crippen LogP contribution in [0.5, 0.6) is 0 Å². The van der Waals surface area contributed by atoms with E-state index in [1.165, 1.54) is 22.3 Å². The number of aromatic nitrogens is 1. The zero-order valence-corrected chi connectivity index (χ0v) is 16.7. The van der Waals surface area contributed by atoms with Crippen LogP contribution in [0.15, 0.2) is 71.1 Å². The van der Waals surface area contributed by atoms with Gasteiger partial charge < -0.3 is 14.1 Å². The minimum atomic E-state index is -1.05. The Balaban J connectivity index is 1.58. The first-order valence-electron chi connectivity index (χ1n) is 8.96. The minimum absolute atomic E-state index is 0.0201. The van der Waals surface area contributed by atoms with Crippen LogP contribution in [0.3, 0.4) is 0 Å². The lowest BCUT2D eigenvalue weighted by molar-refractivity contribution is -0.138. The molecule has 0 aliphatic heterocycles. The quantitative estimate of drug-likeness (QED) is 0.455. The highest BCUT2D eigenvalue weighted by atomic mass is 32.1. The van der Waals surface area contributed by atoms with Gasteiger partial charge in [-0.15, -0.1) is 11.3 Å². The maximum Gasteiger partial charge on any atom is 0.375 e. The number of esters is 1. The van der Waals surface area contributed by atoms with E-state index < -0.39 is 12.1 Å². The van der Waals surface area contributed by atoms with Crippen LogP contribution in [0.2, 0.25) is 0 Å². The van der Waals surface area contributed by atoms with E-state index >= 15 is 0 Å². The second kappa shape index (κ2) is 7.89. The number of fused-ring (bicyclic) bond motifs is 1. The van der Waals surface area contributed by atoms with Crippen molar-refractivity contribution in [3.8, 4) is 10.8 Å². The number of rotatable bonds is 5. The Morgan fingerprint density at radius 3 is 2.45 bits per heavy atom. The van der Waals surface area contributed by atoms with E-state index in [9.17, 15) is 9.59 Å². The Labute approximate surface area is 171 Å². The molecule has 0 unspecified atom stereocenters. The van der Waals surface area contributed by atoms with Gasteiger partial charge in [0.1, 0.15) is 0 Å². The molecule has 0 radical (unpaired) electrons. The van der Waals surface area contributed by atoms with Gasteiger partial charge in [-0.25, -0.2) is 9.78 Å². The first-order valence-corrected chi connectivity index (χ1v) is 9.77. The number of carbonyl (C=O) groups excluding carboxylic acids is 2. The number of para-hydroxylation sites is 1. The summed E-state index contributed by atoms with van der Waals surface area (Å²) in [7, 11) is 3.23. The fourth-order valence-electron chi connectivity index (χ4n) is 2.83. The van der Waals surface area contributed by atoms with Crippen molar-refractivity contribution in [3.63, 3.8) is 0 Å². The summed E-state index contributed by atoms with van der Waals surface area (Å²) in [6.45, 7) is 0. The Kier molecular flexibility index (Phi) is 5.14. The molecule has 0 aliphatic carbocycles. The molecule has 1 amide bonds. The topological polar surface area (TPSA) is 72.6 Å². The van der Waals surface area contributed by atoms with Crippen molar-refractivity contribution in [1.29, 1.82) is 0 Å². The molecular formula is C22H18N2O4S. The summed E-state index contributed by atoms with van der Waals surface area (Å²) in [5, 5.41) is 0.675. The van der Waals surface area contributed by atoms with Crippen molar-refractivity contribution in [1.82, 2.24) is 9.88 Å². The van der Waals surface area contributed by atoms with E-state index in [4.69, 9.17) is 9.15 Å². The highest BCUT2D eigenvalue weighted by Gasteiger charge is 2.28. The molecule has 2 heterocycles. The van der Waals surface area contributed by atoms with Crippen molar-refractivity contribution < 1.29 is 18.7 Å². The van der Waals surface area contributed by atoms with Gasteiger partial charge in [-0.3, -0.25) is 4.79 Å². The molecular weight excluding hydrogens is 388 g/mol. The Morgan fingerprint density at radius 2 is 1.72 bits per heavy atom. The monoisotopic (exact) mass is 406 g/mol. The summed E-state index contributed by atoms with van der Waals surface area (Å²) in [5.41, 5.74) is 1.46. The molecule has 6 nitrogen and oxygen atoms in total. The van der Waals surface area contributed by atoms with E-state index in [2.05, 4.69) is 4.98 Å². The smallest absolute Gasteiger partial charge is 0.375 e. The second-order valence-electron chi connectivity index (χ2n) is 6.58. The van der Waals surface area contributed by atoms with Gasteiger partial charge in [-0.1, -0.05) is 42.5 Å². The van der Waals surface area contributed by atoms with Crippen molar-refractivity contribution >= 4 is 33.4 Å². The standard InChI is InChI=1S/C22H18N2O4S/c1-24(2)21(25)19(14-8-4-3-5-9-14)28-22(26)17-13-12-16(27-17)20-23-15-10-6-7-11-18(15)29-20/h3-13,19H,1-2H3/t19-/m0/s1. The Morgan fingerprint density at radius 1 is 1.00 bits per heavy atom. The van der Waals surface area contributed by atoms with Gasteiger partial charge >= 0.3 is 5.97 Å². The zero-order valence-electron chi connectivity index (χ0n) is 15.9. The summed E-state index contributed by atoms with van der Waals surface area (Å²) < 4.78 is 12.2. The van der Waals surface area contributed by atoms with Crippen LogP contribution >= 0.6 is 11.3 Å². The third kappa shape index (κ3) is 3.90. The van der Waals surface area contributed by atoms with Crippen molar-refractivity contribution in [3.05, 3.63) is 78.1 Å². The average molecular weight is 406 g/mol. The van der Waals surface area contributed by atoms with Crippen molar-refractivity contribution in [2.75, 3.05) is 14.1 Å². The predicted molar refractivity (Wildman–Crippen MR) is 111 cm³/mol. The molecule has 2 aromatic carbocycles. The van der Waals surface area contributed by atoms with Crippen LogP contribution in [0, 0.1) is 0 Å². The van der Waals surface area contributed by atoms with Gasteiger partial charge in [0.2, 0.25) is 11.9 Å². The van der Waals surface area contributed by atoms with Crippen molar-refractivity contribution in [2.45, 2.75) is 6.10 Å². The second-order valence-corrected chi connectivity index (χ2v) is 7.61. The average Bonchev–Trinajstić information content (AvgIpc) is 3.39. The summed E-state index contributed by atoms with van der Waals surface area (Å²) >= 11 is 1.48. The van der Waals surface area contributed by atoms with Crippen LogP contribution in [-0.4, -0.2) is 35.9 Å². The van der Waals surface area contributed by atoms with Gasteiger partial charge in [0, 0.05) is 19.7 Å². The zero-order chi connectivity index (χ0) is 20.4. The number of likely N-dealkylation sites (N-methyl/N-ethyl adjacent to an activating group) is 1. The van der Waals surface area contributed by atoms with Crippen LogP contribution in [0.4, 0.5) is 0 Å². The maximum absolute atomic E-state index is 12.7. The number of furan rings is 1. The van der Waals surface area contributed by atoms with Gasteiger partial charge in [0.05, 0.1) is 10.2 Å². The fourth-order valence-corrected chi connectivity index (χ4v) is 3.76. The number of thiazole rings is 1. The van der Waals surface area contributed by atoms with Crippen LogP contribution in [0.25, 0.3) is 21.0 Å². The largest absolute Gasteiger partial charge is 0.447 e. The first-order chi connectivity index (χ1) is 14.0. The third-order valence-corrected chi connectivity index (χ3v) is 5.36. The molecule has 146 valence electrons. The van der Waals surface area contributed by atoms with Crippen LogP contribution in [0.1, 0.15) is 22.2 Å². The van der Waals surface area contributed by atoms with Crippen LogP contribution in [-0.2, 0) is 9.53 Å². The number of hydrogen-bond donors (Lipinski definition) is 0. The molecule has 0 aliphatic rings. The van der Waals surface area contributed by atoms with E-state index in [-0.39, 0.29) is 11.7 Å². The minimum Gasteiger partial charge on any atom is -0.447 e. The van der Waals surface area contributed by atoms with Gasteiger partial charge in [-0.2, -0.15) is 0 Å². The first kappa shape index (κ1) is 18.9. The normalized spacial score (nSPS) is 11.9. The molecule has 1 atom stereocenters. The molecule has 4 aromatic rings. The molecule has 0 saturated heterocycles. The van der Waals surface area contributed by atoms with Crippen molar-refractivity contribution in [2.24, 2.45) is 0 Å². The molecule has 7 heteroatoms. The van der Waals surface area contributed by atoms with E-state index in [0.29, 0.717) is 16.3 Å². The molecule has 29 heavy (non-hydrogen) atoms. The van der Waals surface area contributed by atoms with Gasteiger partial charge in [0.25, 0.3) is 5.91 Å². The number of amides is 1. The highest BCUT2D eigenvalue weighted by Crippen LogP contribution is 2.31. The predicted octanol–water partition coefficient (Wildman–Crippen LogP) is 4.54. The lowest BCUT2D eigenvalue weighted by Gasteiger charge is -2.20. The van der Waals surface area contributed by atoms with E-state index in [0.717, 1.165) is 10.2 Å². The summed E-state index contributed by atoms with van der Waals surface area (Å²) in [6.07, 6.45) is -1.05. The summed E-state index contributed by atoms with van der Waals surface area (Å²) in [5.74, 6) is -0.538. The number of hydrogen-bond acceptors (Lipinski definition) is 6. The lowest BCUT2D eigenvalue weighted by Crippen LogP contribution is -2.31. The number of benzene rings is 2. The van der Waals surface area contributed by atoms with Crippen LogP contribution < -0.4 is 0 Å². The molecule has 0 saturated carbocycles. The number of nitrogens with zero attached hydrogens (tertiary/aromatic N) is 2. The van der Waals surface area contributed by atoms with Gasteiger partial charge in [-0.05, 0) is 24.3 Å². The molecule has 2 aromatic heterocycles. The van der Waals surface area contributed by atoms with E-state index in [1.807, 2.05) is 30.3 Å². The molecule has 0 spiro atoms. The fraction of sp³-hybridized carbons (Fsp3) is 0.136. The van der Waals surface area contributed by atoms with Gasteiger partial charge in [0.15, 0.2) is 10.8 Å². The maximum atomic E-state index is 12.7. The number of carbonyl (C=O) groups is 2. The Hall–Kier alpha value is -3.45. The molecule has 0 fully saturated rings. The van der Waals surface area contributed by atoms with E-state index in [1.54, 1.807) is 44.4 Å². The summed E-state index contributed by atoms with van der Waals surface area (Å²) in [6, 6.07) is 19.9. The molecule has 4 rings (SSSR count). The Bertz CT molecular complexity index is 1130.